The van der Waals surface area contributed by atoms with Crippen molar-refractivity contribution in [1.82, 2.24) is 4.90 Å². The molecule has 0 aromatic rings. The fourth-order valence-electron chi connectivity index (χ4n) is 0.516. The number of rotatable bonds is 2. The maximum absolute atomic E-state index is 10.2. The first-order chi connectivity index (χ1) is 4.20. The molecule has 0 aromatic carbocycles. The van der Waals surface area contributed by atoms with Crippen LogP contribution in [0.2, 0.25) is 0 Å². The monoisotopic (exact) mass is 127 g/mol. The zero-order chi connectivity index (χ0) is 6.85. The van der Waals surface area contributed by atoms with Crippen molar-refractivity contribution in [3.05, 3.63) is 11.8 Å². The van der Waals surface area contributed by atoms with Crippen molar-refractivity contribution in [2.45, 2.75) is 6.92 Å². The molecule has 0 amide bonds. The van der Waals surface area contributed by atoms with E-state index in [-0.39, 0.29) is 0 Å². The summed E-state index contributed by atoms with van der Waals surface area (Å²) in [7, 11) is 0. The summed E-state index contributed by atoms with van der Waals surface area (Å²) in [5.74, 6) is -0.832. The van der Waals surface area contributed by atoms with Crippen LogP contribution in [0, 0.1) is 0 Å². The molecule has 9 heavy (non-hydrogen) atoms. The van der Waals surface area contributed by atoms with Gasteiger partial charge in [0.15, 0.2) is 0 Å². The molecule has 1 fully saturated rings. The van der Waals surface area contributed by atoms with Crippen molar-refractivity contribution in [2.24, 2.45) is 0 Å². The van der Waals surface area contributed by atoms with Crippen molar-refractivity contribution in [3.63, 3.8) is 0 Å². The average Bonchev–Trinajstić information content (AvgIpc) is 2.50. The van der Waals surface area contributed by atoms with Gasteiger partial charge in [0.05, 0.1) is 0 Å². The summed E-state index contributed by atoms with van der Waals surface area (Å²) in [5.41, 5.74) is 0.410. The summed E-state index contributed by atoms with van der Waals surface area (Å²) >= 11 is 0. The summed E-state index contributed by atoms with van der Waals surface area (Å²) in [6.07, 6.45) is 1.67. The molecule has 3 nitrogen and oxygen atoms in total. The Morgan fingerprint density at radius 3 is 2.56 bits per heavy atom. The fraction of sp³-hybridized carbons (Fsp3) is 0.500. The molecule has 0 aromatic heterocycles. The molecule has 0 bridgehead atoms. The van der Waals surface area contributed by atoms with Crippen molar-refractivity contribution < 1.29 is 9.90 Å². The molecule has 1 heterocycles. The number of carboxylic acids is 1. The topological polar surface area (TPSA) is 40.3 Å². The fourth-order valence-corrected chi connectivity index (χ4v) is 0.516. The van der Waals surface area contributed by atoms with Gasteiger partial charge >= 0.3 is 5.97 Å². The van der Waals surface area contributed by atoms with E-state index in [4.69, 9.17) is 5.11 Å². The SMILES string of the molecule is C/C(=C\N1CC1)C(=O)O. The third-order valence-corrected chi connectivity index (χ3v) is 1.20. The maximum atomic E-state index is 10.2. The molecule has 0 atom stereocenters. The van der Waals surface area contributed by atoms with Crippen LogP contribution in [0.15, 0.2) is 11.8 Å². The van der Waals surface area contributed by atoms with Crippen LogP contribution in [-0.4, -0.2) is 29.1 Å². The van der Waals surface area contributed by atoms with E-state index in [0.717, 1.165) is 13.1 Å². The molecule has 0 spiro atoms. The zero-order valence-electron chi connectivity index (χ0n) is 5.29. The predicted octanol–water partition coefficient (Wildman–Crippen LogP) is 0.290. The summed E-state index contributed by atoms with van der Waals surface area (Å²) in [6.45, 7) is 3.61. The Balaban J connectivity index is 2.46. The first-order valence-electron chi connectivity index (χ1n) is 2.86. The van der Waals surface area contributed by atoms with Crippen LogP contribution in [0.5, 0.6) is 0 Å². The smallest absolute Gasteiger partial charge is 0.332 e. The van der Waals surface area contributed by atoms with Crippen LogP contribution in [0.4, 0.5) is 0 Å². The van der Waals surface area contributed by atoms with Gasteiger partial charge in [0.1, 0.15) is 0 Å². The van der Waals surface area contributed by atoms with E-state index in [1.54, 1.807) is 13.1 Å². The quantitative estimate of drug-likeness (QED) is 0.428. The van der Waals surface area contributed by atoms with E-state index in [2.05, 4.69) is 0 Å². The van der Waals surface area contributed by atoms with Crippen LogP contribution in [0.1, 0.15) is 6.92 Å². The summed E-state index contributed by atoms with van der Waals surface area (Å²) in [6, 6.07) is 0. The highest BCUT2D eigenvalue weighted by molar-refractivity contribution is 5.85. The number of carboxylic acid groups (broad SMARTS) is 1. The lowest BCUT2D eigenvalue weighted by Crippen LogP contribution is -1.98. The molecular weight excluding hydrogens is 118 g/mol. The molecule has 0 unspecified atom stereocenters. The number of carbonyl (C=O) groups is 1. The van der Waals surface area contributed by atoms with Gasteiger partial charge in [0.25, 0.3) is 0 Å². The number of nitrogens with zero attached hydrogens (tertiary/aromatic N) is 1. The van der Waals surface area contributed by atoms with E-state index < -0.39 is 5.97 Å². The molecule has 50 valence electrons. The van der Waals surface area contributed by atoms with Crippen molar-refractivity contribution in [3.8, 4) is 0 Å². The Bertz CT molecular complexity index is 158. The molecule has 3 heteroatoms. The number of hydrogen-bond acceptors (Lipinski definition) is 2. The summed E-state index contributed by atoms with van der Waals surface area (Å²) in [5, 5.41) is 8.36. The molecule has 0 aliphatic carbocycles. The van der Waals surface area contributed by atoms with Crippen LogP contribution in [0.25, 0.3) is 0 Å². The number of hydrogen-bond donors (Lipinski definition) is 1. The first kappa shape index (κ1) is 6.13. The number of aliphatic carboxylic acids is 1. The van der Waals surface area contributed by atoms with Gasteiger partial charge in [-0.15, -0.1) is 0 Å². The van der Waals surface area contributed by atoms with Gasteiger partial charge in [0, 0.05) is 24.9 Å². The average molecular weight is 127 g/mol. The molecule has 1 aliphatic heterocycles. The van der Waals surface area contributed by atoms with E-state index in [0.29, 0.717) is 5.57 Å². The van der Waals surface area contributed by atoms with Gasteiger partial charge in [0.2, 0.25) is 0 Å². The summed E-state index contributed by atoms with van der Waals surface area (Å²) < 4.78 is 0. The van der Waals surface area contributed by atoms with Crippen molar-refractivity contribution >= 4 is 5.97 Å². The second-order valence-corrected chi connectivity index (χ2v) is 2.15. The van der Waals surface area contributed by atoms with Gasteiger partial charge in [-0.25, -0.2) is 4.79 Å². The lowest BCUT2D eigenvalue weighted by atomic mass is 10.3. The summed E-state index contributed by atoms with van der Waals surface area (Å²) in [4.78, 5) is 12.1. The Kier molecular flexibility index (Phi) is 1.42. The second kappa shape index (κ2) is 2.09. The minimum Gasteiger partial charge on any atom is -0.478 e. The van der Waals surface area contributed by atoms with Crippen LogP contribution in [0.3, 0.4) is 0 Å². The Morgan fingerprint density at radius 1 is 1.67 bits per heavy atom. The van der Waals surface area contributed by atoms with Gasteiger partial charge in [-0.3, -0.25) is 0 Å². The lowest BCUT2D eigenvalue weighted by molar-refractivity contribution is -0.132. The van der Waals surface area contributed by atoms with Crippen LogP contribution >= 0.6 is 0 Å². The molecule has 1 rings (SSSR count). The minimum absolute atomic E-state index is 0.410. The second-order valence-electron chi connectivity index (χ2n) is 2.15. The molecule has 1 saturated heterocycles. The normalized spacial score (nSPS) is 17.9. The molecule has 1 aliphatic rings. The van der Waals surface area contributed by atoms with E-state index in [1.165, 1.54) is 0 Å². The molecular formula is C6H9NO2. The zero-order valence-corrected chi connectivity index (χ0v) is 5.29. The largest absolute Gasteiger partial charge is 0.478 e. The Morgan fingerprint density at radius 2 is 2.22 bits per heavy atom. The van der Waals surface area contributed by atoms with Crippen LogP contribution < -0.4 is 0 Å². The third-order valence-electron chi connectivity index (χ3n) is 1.20. The van der Waals surface area contributed by atoms with Crippen LogP contribution in [-0.2, 0) is 4.79 Å². The Hall–Kier alpha value is -0.990. The highest BCUT2D eigenvalue weighted by Crippen LogP contribution is 2.06. The van der Waals surface area contributed by atoms with E-state index in [9.17, 15) is 4.79 Å². The standard InChI is InChI=1S/C6H9NO2/c1-5(6(8)9)4-7-2-3-7/h4H,2-3H2,1H3,(H,8,9)/b5-4+. The maximum Gasteiger partial charge on any atom is 0.332 e. The van der Waals surface area contributed by atoms with Crippen molar-refractivity contribution in [1.29, 1.82) is 0 Å². The lowest BCUT2D eigenvalue weighted by Gasteiger charge is -1.92. The van der Waals surface area contributed by atoms with Gasteiger partial charge in [-0.05, 0) is 6.92 Å². The van der Waals surface area contributed by atoms with Crippen molar-refractivity contribution in [2.75, 3.05) is 13.1 Å². The third kappa shape index (κ3) is 1.76. The predicted molar refractivity (Wildman–Crippen MR) is 33.0 cm³/mol. The molecule has 0 saturated carbocycles. The Labute approximate surface area is 53.6 Å². The van der Waals surface area contributed by atoms with Gasteiger partial charge in [-0.1, -0.05) is 0 Å². The minimum atomic E-state index is -0.832. The van der Waals surface area contributed by atoms with Gasteiger partial charge < -0.3 is 10.0 Å². The van der Waals surface area contributed by atoms with E-state index in [1.807, 2.05) is 4.90 Å². The van der Waals surface area contributed by atoms with E-state index >= 15 is 0 Å². The molecule has 1 N–H and O–H groups in total. The molecule has 0 radical (unpaired) electrons. The van der Waals surface area contributed by atoms with Gasteiger partial charge in [-0.2, -0.15) is 0 Å². The first-order valence-corrected chi connectivity index (χ1v) is 2.86. The highest BCUT2D eigenvalue weighted by Gasteiger charge is 2.13. The highest BCUT2D eigenvalue weighted by atomic mass is 16.4.